The van der Waals surface area contributed by atoms with Crippen LogP contribution in [0.5, 0.6) is 0 Å². The molecule has 29 heavy (non-hydrogen) atoms. The van der Waals surface area contributed by atoms with Gasteiger partial charge in [-0.15, -0.1) is 0 Å². The topological polar surface area (TPSA) is 72.8 Å². The van der Waals surface area contributed by atoms with Crippen LogP contribution in [0.25, 0.3) is 0 Å². The maximum absolute atomic E-state index is 12.8. The van der Waals surface area contributed by atoms with Gasteiger partial charge in [0.1, 0.15) is 0 Å². The SMILES string of the molecule is CCC(=O)[C@H](OC(C)=O)C1=C(C)CC[C@@](C)(CC2C[C@@H](O)C[C@H]3OC[C@@H]23)C1(C)C. The minimum absolute atomic E-state index is 0.0348. The first kappa shape index (κ1) is 22.5. The Morgan fingerprint density at radius 3 is 2.52 bits per heavy atom. The zero-order valence-corrected chi connectivity index (χ0v) is 18.9. The van der Waals surface area contributed by atoms with E-state index >= 15 is 0 Å². The van der Waals surface area contributed by atoms with Gasteiger partial charge in [0, 0.05) is 19.3 Å². The highest BCUT2D eigenvalue weighted by atomic mass is 16.5. The average Bonchev–Trinajstić information content (AvgIpc) is 2.59. The molecule has 0 aromatic carbocycles. The van der Waals surface area contributed by atoms with Crippen LogP contribution < -0.4 is 0 Å². The zero-order chi connectivity index (χ0) is 21.6. The molecule has 1 saturated heterocycles. The smallest absolute Gasteiger partial charge is 0.303 e. The Bertz CT molecular complexity index is 693. The number of carbonyl (C=O) groups is 2. The third-order valence-corrected chi connectivity index (χ3v) is 8.26. The predicted octanol–water partition coefficient (Wildman–Crippen LogP) is 4.22. The van der Waals surface area contributed by atoms with Crippen molar-refractivity contribution in [2.45, 2.75) is 98.4 Å². The molecule has 0 aromatic rings. The predicted molar refractivity (Wildman–Crippen MR) is 111 cm³/mol. The zero-order valence-electron chi connectivity index (χ0n) is 18.9. The van der Waals surface area contributed by atoms with Crippen molar-refractivity contribution in [2.75, 3.05) is 6.61 Å². The summed E-state index contributed by atoms with van der Waals surface area (Å²) in [6, 6.07) is 0. The lowest BCUT2D eigenvalue weighted by atomic mass is 9.51. The second-order valence-electron chi connectivity index (χ2n) is 10.3. The normalized spacial score (nSPS) is 37.3. The van der Waals surface area contributed by atoms with Crippen molar-refractivity contribution in [3.63, 3.8) is 0 Å². The Balaban J connectivity index is 1.91. The summed E-state index contributed by atoms with van der Waals surface area (Å²) in [5, 5.41) is 10.3. The van der Waals surface area contributed by atoms with E-state index in [-0.39, 0.29) is 28.8 Å². The molecular formula is C24H38O5. The minimum Gasteiger partial charge on any atom is -0.450 e. The van der Waals surface area contributed by atoms with Gasteiger partial charge in [0.25, 0.3) is 0 Å². The lowest BCUT2D eigenvalue weighted by molar-refractivity contribution is -0.188. The molecule has 1 saturated carbocycles. The van der Waals surface area contributed by atoms with E-state index < -0.39 is 12.1 Å². The molecule has 3 aliphatic rings. The number of rotatable bonds is 6. The molecule has 1 N–H and O–H groups in total. The first-order chi connectivity index (χ1) is 13.5. The number of carbonyl (C=O) groups excluding carboxylic acids is 2. The highest BCUT2D eigenvalue weighted by Crippen LogP contribution is 2.59. The Hall–Kier alpha value is -1.20. The van der Waals surface area contributed by atoms with Crippen LogP contribution in [-0.2, 0) is 19.1 Å². The molecule has 164 valence electrons. The summed E-state index contributed by atoms with van der Waals surface area (Å²) < 4.78 is 11.3. The quantitative estimate of drug-likeness (QED) is 0.528. The number of aliphatic hydroxyl groups is 1. The summed E-state index contributed by atoms with van der Waals surface area (Å²) in [6.45, 7) is 12.8. The summed E-state index contributed by atoms with van der Waals surface area (Å²) in [7, 11) is 0. The monoisotopic (exact) mass is 406 g/mol. The molecule has 0 spiro atoms. The van der Waals surface area contributed by atoms with Gasteiger partial charge in [-0.05, 0) is 61.3 Å². The maximum atomic E-state index is 12.8. The summed E-state index contributed by atoms with van der Waals surface area (Å²) in [5.41, 5.74) is 1.83. The fourth-order valence-electron chi connectivity index (χ4n) is 6.04. The fraction of sp³-hybridized carbons (Fsp3) is 0.833. The van der Waals surface area contributed by atoms with Gasteiger partial charge >= 0.3 is 5.97 Å². The third kappa shape index (κ3) is 4.05. The molecule has 0 amide bonds. The Morgan fingerprint density at radius 2 is 1.97 bits per heavy atom. The molecule has 1 aliphatic heterocycles. The van der Waals surface area contributed by atoms with Crippen molar-refractivity contribution in [1.29, 1.82) is 0 Å². The van der Waals surface area contributed by atoms with Gasteiger partial charge < -0.3 is 14.6 Å². The van der Waals surface area contributed by atoms with E-state index in [0.29, 0.717) is 18.3 Å². The van der Waals surface area contributed by atoms with Gasteiger partial charge in [-0.1, -0.05) is 33.3 Å². The van der Waals surface area contributed by atoms with Gasteiger partial charge in [0.15, 0.2) is 11.9 Å². The fourth-order valence-corrected chi connectivity index (χ4v) is 6.04. The van der Waals surface area contributed by atoms with E-state index in [1.165, 1.54) is 12.5 Å². The molecule has 0 radical (unpaired) electrons. The molecule has 5 heteroatoms. The summed E-state index contributed by atoms with van der Waals surface area (Å²) in [5.74, 6) is 0.510. The Morgan fingerprint density at radius 1 is 1.28 bits per heavy atom. The van der Waals surface area contributed by atoms with Crippen molar-refractivity contribution < 1.29 is 24.2 Å². The number of esters is 1. The summed E-state index contributed by atoms with van der Waals surface area (Å²) in [6.07, 6.45) is 3.99. The van der Waals surface area contributed by atoms with E-state index in [0.717, 1.165) is 44.3 Å². The molecule has 6 atom stereocenters. The van der Waals surface area contributed by atoms with E-state index in [4.69, 9.17) is 9.47 Å². The largest absolute Gasteiger partial charge is 0.450 e. The molecular weight excluding hydrogens is 368 g/mol. The lowest BCUT2D eigenvalue weighted by Crippen LogP contribution is -2.54. The van der Waals surface area contributed by atoms with Crippen LogP contribution in [0, 0.1) is 22.7 Å². The number of allylic oxidation sites excluding steroid dienone is 1. The van der Waals surface area contributed by atoms with Crippen LogP contribution in [-0.4, -0.2) is 41.8 Å². The summed E-state index contributed by atoms with van der Waals surface area (Å²) >= 11 is 0. The van der Waals surface area contributed by atoms with Crippen LogP contribution in [0.3, 0.4) is 0 Å². The first-order valence-electron chi connectivity index (χ1n) is 11.2. The number of ketones is 1. The molecule has 2 fully saturated rings. The molecule has 1 heterocycles. The van der Waals surface area contributed by atoms with Crippen molar-refractivity contribution >= 4 is 11.8 Å². The molecule has 0 aromatic heterocycles. The molecule has 1 unspecified atom stereocenters. The van der Waals surface area contributed by atoms with E-state index in [9.17, 15) is 14.7 Å². The van der Waals surface area contributed by atoms with Crippen molar-refractivity contribution in [1.82, 2.24) is 0 Å². The Labute approximate surface area is 175 Å². The van der Waals surface area contributed by atoms with Crippen molar-refractivity contribution in [3.05, 3.63) is 11.1 Å². The van der Waals surface area contributed by atoms with Crippen LogP contribution in [0.15, 0.2) is 11.1 Å². The van der Waals surface area contributed by atoms with Gasteiger partial charge in [0.05, 0.1) is 18.8 Å². The van der Waals surface area contributed by atoms with Gasteiger partial charge in [-0.25, -0.2) is 0 Å². The number of Topliss-reactive ketones (excluding diaryl/α,β-unsaturated/α-hetero) is 1. The summed E-state index contributed by atoms with van der Waals surface area (Å²) in [4.78, 5) is 24.6. The van der Waals surface area contributed by atoms with Crippen LogP contribution >= 0.6 is 0 Å². The maximum Gasteiger partial charge on any atom is 0.303 e. The van der Waals surface area contributed by atoms with E-state index in [1.54, 1.807) is 0 Å². The molecule has 0 bridgehead atoms. The molecule has 5 nitrogen and oxygen atoms in total. The van der Waals surface area contributed by atoms with Gasteiger partial charge in [-0.2, -0.15) is 0 Å². The number of ether oxygens (including phenoxy) is 2. The number of fused-ring (bicyclic) bond motifs is 1. The molecule has 2 aliphatic carbocycles. The van der Waals surface area contributed by atoms with Gasteiger partial charge in [-0.3, -0.25) is 9.59 Å². The van der Waals surface area contributed by atoms with E-state index in [2.05, 4.69) is 27.7 Å². The second-order valence-corrected chi connectivity index (χ2v) is 10.3. The van der Waals surface area contributed by atoms with Crippen LogP contribution in [0.1, 0.15) is 80.1 Å². The average molecular weight is 407 g/mol. The first-order valence-corrected chi connectivity index (χ1v) is 11.2. The third-order valence-electron chi connectivity index (χ3n) is 8.26. The van der Waals surface area contributed by atoms with E-state index in [1.807, 2.05) is 6.92 Å². The highest BCUT2D eigenvalue weighted by molar-refractivity contribution is 5.88. The lowest BCUT2D eigenvalue weighted by Gasteiger charge is -2.56. The number of hydrogen-bond acceptors (Lipinski definition) is 5. The standard InChI is InChI=1S/C24H38O5/c1-7-19(27)22(29-15(3)25)21-14(2)8-9-24(6,23(21,4)5)12-16-10-17(26)11-20-18(16)13-28-20/h16-18,20,22,26H,7-13H2,1-6H3/t16?,17-,18+,20-,22+,24+/m1/s1. The molecule has 3 rings (SSSR count). The minimum atomic E-state index is -0.788. The number of hydrogen-bond donors (Lipinski definition) is 1. The van der Waals surface area contributed by atoms with Crippen molar-refractivity contribution in [3.8, 4) is 0 Å². The van der Waals surface area contributed by atoms with Crippen LogP contribution in [0.2, 0.25) is 0 Å². The van der Waals surface area contributed by atoms with Crippen molar-refractivity contribution in [2.24, 2.45) is 22.7 Å². The second kappa shape index (κ2) is 8.14. The van der Waals surface area contributed by atoms with Crippen LogP contribution in [0.4, 0.5) is 0 Å². The van der Waals surface area contributed by atoms with Gasteiger partial charge in [0.2, 0.25) is 0 Å². The number of aliphatic hydroxyl groups excluding tert-OH is 1. The Kier molecular flexibility index (Phi) is 6.31. The highest BCUT2D eigenvalue weighted by Gasteiger charge is 2.53.